The predicted octanol–water partition coefficient (Wildman–Crippen LogP) is 4.47. The van der Waals surface area contributed by atoms with Crippen LogP contribution in [0, 0.1) is 0 Å². The third-order valence-electron chi connectivity index (χ3n) is 4.28. The van der Waals surface area contributed by atoms with Gasteiger partial charge in [-0.2, -0.15) is 11.8 Å². The fraction of sp³-hybridized carbons (Fsp3) is 0.286. The van der Waals surface area contributed by atoms with E-state index in [1.165, 1.54) is 7.11 Å². The molecule has 0 aromatic heterocycles. The van der Waals surface area contributed by atoms with Crippen LogP contribution in [0.5, 0.6) is 5.75 Å². The van der Waals surface area contributed by atoms with Crippen LogP contribution in [0.15, 0.2) is 48.0 Å². The molecule has 1 heterocycles. The lowest BCUT2D eigenvalue weighted by atomic mass is 10.0. The van der Waals surface area contributed by atoms with Gasteiger partial charge in [0.15, 0.2) is 0 Å². The molecule has 136 valence electrons. The van der Waals surface area contributed by atoms with Crippen molar-refractivity contribution in [2.75, 3.05) is 37.6 Å². The molecule has 3 rings (SSSR count). The van der Waals surface area contributed by atoms with Gasteiger partial charge in [-0.25, -0.2) is 4.79 Å². The molecule has 0 radical (unpaired) electrons. The molecule has 5 heteroatoms. The first-order valence-electron chi connectivity index (χ1n) is 8.60. The van der Waals surface area contributed by atoms with Gasteiger partial charge in [0.25, 0.3) is 0 Å². The van der Waals surface area contributed by atoms with Crippen LogP contribution in [0.2, 0.25) is 0 Å². The molecule has 2 aromatic carbocycles. The molecule has 26 heavy (non-hydrogen) atoms. The Balaban J connectivity index is 1.84. The number of carbonyl (C=O) groups excluding carboxylic acids is 1. The second kappa shape index (κ2) is 8.81. The number of methoxy groups -OCH3 is 1. The molecule has 1 aliphatic heterocycles. The number of carbonyl (C=O) groups is 1. The van der Waals surface area contributed by atoms with Gasteiger partial charge in [-0.15, -0.1) is 0 Å². The minimum atomic E-state index is -0.267. The Morgan fingerprint density at radius 2 is 1.92 bits per heavy atom. The van der Waals surface area contributed by atoms with Crippen LogP contribution in [0.3, 0.4) is 0 Å². The largest absolute Gasteiger partial charge is 0.493 e. The fourth-order valence-corrected chi connectivity index (χ4v) is 3.14. The van der Waals surface area contributed by atoms with Gasteiger partial charge in [0.1, 0.15) is 5.75 Å². The van der Waals surface area contributed by atoms with E-state index in [0.717, 1.165) is 40.4 Å². The molecule has 0 unspecified atom stereocenters. The molecule has 0 atom stereocenters. The van der Waals surface area contributed by atoms with Crippen molar-refractivity contribution in [2.24, 2.45) is 0 Å². The van der Waals surface area contributed by atoms with Crippen LogP contribution in [-0.4, -0.2) is 38.2 Å². The van der Waals surface area contributed by atoms with E-state index in [1.54, 1.807) is 11.8 Å². The lowest BCUT2D eigenvalue weighted by molar-refractivity contribution is -0.136. The standard InChI is InChI=1S/C21H23NO3S/c1-24-21(23)17-9-10-22-20-8-5-16(13-18(20)14-17)15-3-6-19(7-4-15)25-11-12-26-2/h3-8,13-14,22H,9-12H2,1-2H3. The summed E-state index contributed by atoms with van der Waals surface area (Å²) in [6.45, 7) is 1.43. The topological polar surface area (TPSA) is 47.6 Å². The van der Waals surface area contributed by atoms with Crippen LogP contribution in [-0.2, 0) is 9.53 Å². The third kappa shape index (κ3) is 4.41. The zero-order valence-corrected chi connectivity index (χ0v) is 15.9. The van der Waals surface area contributed by atoms with Crippen molar-refractivity contribution in [2.45, 2.75) is 6.42 Å². The smallest absolute Gasteiger partial charge is 0.333 e. The number of hydrogen-bond donors (Lipinski definition) is 1. The summed E-state index contributed by atoms with van der Waals surface area (Å²) in [5, 5.41) is 3.37. The number of nitrogens with one attached hydrogen (secondary N) is 1. The molecule has 2 aromatic rings. The Morgan fingerprint density at radius 1 is 1.15 bits per heavy atom. The molecule has 0 saturated heterocycles. The molecule has 0 fully saturated rings. The molecule has 0 saturated carbocycles. The highest BCUT2D eigenvalue weighted by Gasteiger charge is 2.15. The molecule has 0 aliphatic carbocycles. The second-order valence-corrected chi connectivity index (χ2v) is 6.99. The van der Waals surface area contributed by atoms with Crippen LogP contribution in [0.25, 0.3) is 17.2 Å². The number of anilines is 1. The molecule has 0 spiro atoms. The van der Waals surface area contributed by atoms with Gasteiger partial charge in [-0.1, -0.05) is 18.2 Å². The summed E-state index contributed by atoms with van der Waals surface area (Å²) in [7, 11) is 1.42. The summed E-state index contributed by atoms with van der Waals surface area (Å²) in [6.07, 6.45) is 4.64. The first-order chi connectivity index (χ1) is 12.7. The van der Waals surface area contributed by atoms with Crippen molar-refractivity contribution < 1.29 is 14.3 Å². The molecule has 0 amide bonds. The highest BCUT2D eigenvalue weighted by Crippen LogP contribution is 2.30. The number of ether oxygens (including phenoxy) is 2. The zero-order chi connectivity index (χ0) is 18.4. The van der Waals surface area contributed by atoms with E-state index in [4.69, 9.17) is 9.47 Å². The third-order valence-corrected chi connectivity index (χ3v) is 4.86. The maximum Gasteiger partial charge on any atom is 0.333 e. The fourth-order valence-electron chi connectivity index (χ4n) is 2.89. The maximum absolute atomic E-state index is 11.9. The van der Waals surface area contributed by atoms with Crippen molar-refractivity contribution in [3.05, 3.63) is 53.6 Å². The Morgan fingerprint density at radius 3 is 2.65 bits per heavy atom. The van der Waals surface area contributed by atoms with E-state index < -0.39 is 0 Å². The van der Waals surface area contributed by atoms with Gasteiger partial charge in [-0.3, -0.25) is 0 Å². The van der Waals surface area contributed by atoms with Crippen molar-refractivity contribution in [1.29, 1.82) is 0 Å². The first-order valence-corrected chi connectivity index (χ1v) is 9.99. The minimum Gasteiger partial charge on any atom is -0.493 e. The molecular formula is C21H23NO3S. The number of fused-ring (bicyclic) bond motifs is 1. The Kier molecular flexibility index (Phi) is 6.23. The van der Waals surface area contributed by atoms with E-state index in [2.05, 4.69) is 41.9 Å². The summed E-state index contributed by atoms with van der Waals surface area (Å²) < 4.78 is 10.6. The van der Waals surface area contributed by atoms with E-state index in [1.807, 2.05) is 18.2 Å². The second-order valence-electron chi connectivity index (χ2n) is 6.01. The van der Waals surface area contributed by atoms with Crippen LogP contribution in [0.1, 0.15) is 12.0 Å². The number of rotatable bonds is 6. The average Bonchev–Trinajstić information content (AvgIpc) is 2.90. The summed E-state index contributed by atoms with van der Waals surface area (Å²) in [5.41, 5.74) is 4.93. The monoisotopic (exact) mass is 369 g/mol. The highest BCUT2D eigenvalue weighted by atomic mass is 32.2. The lowest BCUT2D eigenvalue weighted by Gasteiger charge is -2.10. The Hall–Kier alpha value is -2.40. The van der Waals surface area contributed by atoms with E-state index in [9.17, 15) is 4.79 Å². The van der Waals surface area contributed by atoms with Gasteiger partial charge in [0.05, 0.1) is 13.7 Å². The highest BCUT2D eigenvalue weighted by molar-refractivity contribution is 7.98. The SMILES string of the molecule is COC(=O)C1=Cc2cc(-c3ccc(OCCSC)cc3)ccc2NCC1. The van der Waals surface area contributed by atoms with Crippen molar-refractivity contribution >= 4 is 29.5 Å². The van der Waals surface area contributed by atoms with Crippen LogP contribution in [0.4, 0.5) is 5.69 Å². The number of thioether (sulfide) groups is 1. The zero-order valence-electron chi connectivity index (χ0n) is 15.1. The summed E-state index contributed by atoms with van der Waals surface area (Å²) in [6, 6.07) is 14.4. The molecule has 0 bridgehead atoms. The minimum absolute atomic E-state index is 0.267. The van der Waals surface area contributed by atoms with Crippen molar-refractivity contribution in [3.63, 3.8) is 0 Å². The van der Waals surface area contributed by atoms with Crippen LogP contribution < -0.4 is 10.1 Å². The lowest BCUT2D eigenvalue weighted by Crippen LogP contribution is -2.07. The summed E-state index contributed by atoms with van der Waals surface area (Å²) in [5.74, 6) is 1.60. The number of esters is 1. The number of benzene rings is 2. The Labute approximate surface area is 158 Å². The maximum atomic E-state index is 11.9. The van der Waals surface area contributed by atoms with Gasteiger partial charge in [0, 0.05) is 23.6 Å². The quantitative estimate of drug-likeness (QED) is 0.601. The van der Waals surface area contributed by atoms with Crippen molar-refractivity contribution in [1.82, 2.24) is 0 Å². The summed E-state index contributed by atoms with van der Waals surface area (Å²) in [4.78, 5) is 11.9. The van der Waals surface area contributed by atoms with Gasteiger partial charge < -0.3 is 14.8 Å². The van der Waals surface area contributed by atoms with Crippen LogP contribution >= 0.6 is 11.8 Å². The molecule has 1 N–H and O–H groups in total. The van der Waals surface area contributed by atoms with Gasteiger partial charge >= 0.3 is 5.97 Å². The number of hydrogen-bond acceptors (Lipinski definition) is 5. The van der Waals surface area contributed by atoms with Gasteiger partial charge in [-0.05, 0) is 59.7 Å². The van der Waals surface area contributed by atoms with E-state index in [0.29, 0.717) is 18.6 Å². The van der Waals surface area contributed by atoms with E-state index in [-0.39, 0.29) is 5.97 Å². The van der Waals surface area contributed by atoms with Gasteiger partial charge in [0.2, 0.25) is 0 Å². The first kappa shape index (κ1) is 18.4. The van der Waals surface area contributed by atoms with Crippen molar-refractivity contribution in [3.8, 4) is 16.9 Å². The molecule has 1 aliphatic rings. The normalized spacial score (nSPS) is 13.1. The average molecular weight is 369 g/mol. The van der Waals surface area contributed by atoms with E-state index >= 15 is 0 Å². The predicted molar refractivity (Wildman–Crippen MR) is 109 cm³/mol. The molecular weight excluding hydrogens is 346 g/mol. The Bertz CT molecular complexity index is 799. The summed E-state index contributed by atoms with van der Waals surface area (Å²) >= 11 is 1.77. The molecule has 4 nitrogen and oxygen atoms in total.